The predicted molar refractivity (Wildman–Crippen MR) is 35.0 cm³/mol. The van der Waals surface area contributed by atoms with Crippen LogP contribution in [0, 0.1) is 0 Å². The van der Waals surface area contributed by atoms with Crippen LogP contribution in [0.15, 0.2) is 0 Å². The van der Waals surface area contributed by atoms with Crippen molar-refractivity contribution in [2.75, 3.05) is 7.05 Å². The zero-order valence-corrected chi connectivity index (χ0v) is 7.24. The van der Waals surface area contributed by atoms with Gasteiger partial charge in [0.1, 0.15) is 0 Å². The Morgan fingerprint density at radius 1 is 1.09 bits per heavy atom. The first kappa shape index (κ1) is 11.2. The average Bonchev–Trinajstić information content (AvgIpc) is 1.56. The lowest BCUT2D eigenvalue weighted by atomic mass is 11.5. The lowest BCUT2D eigenvalue weighted by Crippen LogP contribution is -2.28. The third-order valence-corrected chi connectivity index (χ3v) is 3.48. The van der Waals surface area contributed by atoms with E-state index in [0.29, 0.717) is 0 Å². The number of nitrogens with one attached hydrogen (secondary N) is 1. The minimum atomic E-state index is -4.94. The van der Waals surface area contributed by atoms with E-state index in [-0.39, 0.29) is 0 Å². The van der Waals surface area contributed by atoms with Gasteiger partial charge in [0, 0.05) is 0 Å². The summed E-state index contributed by atoms with van der Waals surface area (Å²) in [6.45, 7) is 0. The van der Waals surface area contributed by atoms with Gasteiger partial charge in [0.2, 0.25) is 0 Å². The smallest absolute Gasteiger partial charge is 0.311 e. The summed E-state index contributed by atoms with van der Waals surface area (Å²) in [5, 5.41) is 0. The van der Waals surface area contributed by atoms with Crippen LogP contribution in [0.5, 0.6) is 0 Å². The van der Waals surface area contributed by atoms with E-state index in [1.165, 1.54) is 0 Å². The van der Waals surface area contributed by atoms with Crippen LogP contribution < -0.4 is 5.43 Å². The summed E-state index contributed by atoms with van der Waals surface area (Å²) < 4.78 is 20.1. The van der Waals surface area contributed by atoms with Crippen molar-refractivity contribution in [1.29, 1.82) is 0 Å². The maximum absolute atomic E-state index is 10.3. The van der Waals surface area contributed by atoms with Gasteiger partial charge in [-0.2, -0.15) is 0 Å². The van der Waals surface area contributed by atoms with Crippen LogP contribution in [0.25, 0.3) is 0 Å². The molecular formula is CH8N2O6P2. The summed E-state index contributed by atoms with van der Waals surface area (Å²) in [5.74, 6) is 0. The molecule has 10 heteroatoms. The van der Waals surface area contributed by atoms with Gasteiger partial charge in [-0.05, 0) is 11.6 Å². The normalized spacial score (nSPS) is 14.0. The molecular weight excluding hydrogens is 198 g/mol. The summed E-state index contributed by atoms with van der Waals surface area (Å²) in [6, 6.07) is 0. The fourth-order valence-corrected chi connectivity index (χ4v) is 2.15. The molecule has 0 saturated heterocycles. The topological polar surface area (TPSA) is 130 Å². The highest BCUT2D eigenvalue weighted by molar-refractivity contribution is 7.64. The molecule has 0 aromatic heterocycles. The molecule has 0 bridgehead atoms. The van der Waals surface area contributed by atoms with E-state index < -0.39 is 20.0 Å². The second-order valence-corrected chi connectivity index (χ2v) is 4.71. The maximum atomic E-state index is 10.3. The Hall–Kier alpha value is 0.220. The predicted octanol–water partition coefficient (Wildman–Crippen LogP) is -1.39. The van der Waals surface area contributed by atoms with Crippen LogP contribution in [0.4, 0.5) is 0 Å². The van der Waals surface area contributed by atoms with E-state index in [4.69, 9.17) is 19.6 Å². The van der Waals surface area contributed by atoms with Crippen molar-refractivity contribution in [1.82, 2.24) is 9.98 Å². The molecule has 0 atom stereocenters. The minimum absolute atomic E-state index is 0.417. The summed E-state index contributed by atoms with van der Waals surface area (Å²) >= 11 is 0. The summed E-state index contributed by atoms with van der Waals surface area (Å²) in [7, 11) is -8.89. The molecule has 0 radical (unpaired) electrons. The summed E-state index contributed by atoms with van der Waals surface area (Å²) in [4.78, 5) is 33.2. The van der Waals surface area contributed by atoms with Gasteiger partial charge in [-0.3, -0.25) is 0 Å². The Labute approximate surface area is 62.2 Å². The van der Waals surface area contributed by atoms with Gasteiger partial charge in [-0.15, -0.1) is 0 Å². The molecule has 0 amide bonds. The molecule has 0 aromatic carbocycles. The molecule has 0 aromatic rings. The number of hydrazine groups is 1. The van der Waals surface area contributed by atoms with Crippen molar-refractivity contribution in [2.24, 2.45) is 0 Å². The number of rotatable bonds is 3. The zero-order chi connectivity index (χ0) is 9.28. The van der Waals surface area contributed by atoms with Gasteiger partial charge >= 0.3 is 15.5 Å². The van der Waals surface area contributed by atoms with E-state index in [2.05, 4.69) is 0 Å². The van der Waals surface area contributed by atoms with Crippen molar-refractivity contribution in [3.63, 3.8) is 0 Å². The maximum Gasteiger partial charge on any atom is 0.426 e. The van der Waals surface area contributed by atoms with Crippen molar-refractivity contribution >= 4 is 15.5 Å². The van der Waals surface area contributed by atoms with Gasteiger partial charge in [-0.25, -0.2) is 14.6 Å². The summed E-state index contributed by atoms with van der Waals surface area (Å²) in [5.41, 5.74) is 1.69. The van der Waals surface area contributed by atoms with Gasteiger partial charge < -0.3 is 19.6 Å². The first-order valence-electron chi connectivity index (χ1n) is 2.29. The lowest BCUT2D eigenvalue weighted by molar-refractivity contribution is 0.246. The van der Waals surface area contributed by atoms with Crippen LogP contribution in [0.3, 0.4) is 0 Å². The van der Waals surface area contributed by atoms with Crippen LogP contribution in [-0.4, -0.2) is 31.2 Å². The van der Waals surface area contributed by atoms with E-state index >= 15 is 0 Å². The molecule has 0 saturated carbocycles. The molecule has 5 N–H and O–H groups in total. The van der Waals surface area contributed by atoms with Crippen molar-refractivity contribution < 1.29 is 28.7 Å². The molecule has 0 unspecified atom stereocenters. The van der Waals surface area contributed by atoms with Gasteiger partial charge in [0.05, 0.1) is 0 Å². The third kappa shape index (κ3) is 3.42. The highest BCUT2D eigenvalue weighted by Gasteiger charge is 2.38. The fourth-order valence-electron chi connectivity index (χ4n) is 0.412. The number of nitrogens with zero attached hydrogens (tertiary/aromatic N) is 1. The van der Waals surface area contributed by atoms with Gasteiger partial charge in [-0.1, -0.05) is 0 Å². The largest absolute Gasteiger partial charge is 0.426 e. The third-order valence-electron chi connectivity index (χ3n) is 0.694. The summed E-state index contributed by atoms with van der Waals surface area (Å²) in [6.07, 6.45) is 0. The molecule has 0 aliphatic heterocycles. The zero-order valence-electron chi connectivity index (χ0n) is 5.45. The minimum Gasteiger partial charge on any atom is -0.311 e. The molecule has 0 rings (SSSR count). The second-order valence-electron chi connectivity index (χ2n) is 1.54. The fraction of sp³-hybridized carbons (Fsp3) is 1.00. The molecule has 11 heavy (non-hydrogen) atoms. The monoisotopic (exact) mass is 206 g/mol. The van der Waals surface area contributed by atoms with Crippen LogP contribution in [0.1, 0.15) is 0 Å². The molecule has 8 nitrogen and oxygen atoms in total. The first-order valence-corrected chi connectivity index (χ1v) is 5.42. The number of hydrogen-bond donors (Lipinski definition) is 5. The molecule has 0 aliphatic carbocycles. The molecule has 0 fully saturated rings. The SMILES string of the molecule is CNN(P(=O)(O)O)P(=O)(O)O. The molecule has 0 aliphatic rings. The van der Waals surface area contributed by atoms with E-state index in [0.717, 1.165) is 7.05 Å². The standard InChI is InChI=1S/CH8N2O6P2/c1-2-3(10(4,5)6)11(7,8)9/h2H,1H3,(H2,4,5,6)(H2,7,8,9). The highest BCUT2D eigenvalue weighted by atomic mass is 31.3. The van der Waals surface area contributed by atoms with Crippen molar-refractivity contribution in [3.05, 3.63) is 0 Å². The van der Waals surface area contributed by atoms with Crippen molar-refractivity contribution in [3.8, 4) is 0 Å². The highest BCUT2D eigenvalue weighted by Crippen LogP contribution is 2.55. The van der Waals surface area contributed by atoms with Crippen LogP contribution >= 0.6 is 15.5 Å². The van der Waals surface area contributed by atoms with E-state index in [1.54, 1.807) is 5.43 Å². The Kier molecular flexibility index (Phi) is 3.37. The first-order chi connectivity index (χ1) is 4.69. The molecule has 0 spiro atoms. The molecule has 68 valence electrons. The van der Waals surface area contributed by atoms with Crippen LogP contribution in [0.2, 0.25) is 0 Å². The second kappa shape index (κ2) is 3.30. The lowest BCUT2D eigenvalue weighted by Gasteiger charge is -2.21. The number of hydrogen-bond acceptors (Lipinski definition) is 3. The Bertz CT molecular complexity index is 193. The Morgan fingerprint density at radius 2 is 1.36 bits per heavy atom. The van der Waals surface area contributed by atoms with Gasteiger partial charge in [0.15, 0.2) is 0 Å². The van der Waals surface area contributed by atoms with Crippen molar-refractivity contribution in [2.45, 2.75) is 0 Å². The average molecular weight is 206 g/mol. The van der Waals surface area contributed by atoms with Gasteiger partial charge in [0.25, 0.3) is 0 Å². The van der Waals surface area contributed by atoms with Crippen LogP contribution in [-0.2, 0) is 9.13 Å². The Balaban J connectivity index is 4.72. The van der Waals surface area contributed by atoms with E-state index in [1.807, 2.05) is 0 Å². The van der Waals surface area contributed by atoms with E-state index in [9.17, 15) is 9.13 Å². The molecule has 0 heterocycles. The quantitative estimate of drug-likeness (QED) is 0.281. The Morgan fingerprint density at radius 3 is 1.36 bits per heavy atom.